The van der Waals surface area contributed by atoms with E-state index in [9.17, 15) is 5.11 Å². The highest BCUT2D eigenvalue weighted by atomic mass is 35.5. The number of hydrogen-bond donors (Lipinski definition) is 3. The van der Waals surface area contributed by atoms with Crippen LogP contribution in [0.1, 0.15) is 26.7 Å². The molecule has 0 fully saturated rings. The van der Waals surface area contributed by atoms with E-state index in [-0.39, 0.29) is 0 Å². The second kappa shape index (κ2) is 5.80. The van der Waals surface area contributed by atoms with Gasteiger partial charge in [0.05, 0.1) is 21.3 Å². The molecular formula is C12H18Cl2N2O. The SMILES string of the molecule is CCC(O)(CC)CNc1c(Cl)cc(N)cc1Cl. The largest absolute Gasteiger partial charge is 0.399 e. The smallest absolute Gasteiger partial charge is 0.0814 e. The van der Waals surface area contributed by atoms with Crippen molar-refractivity contribution >= 4 is 34.6 Å². The van der Waals surface area contributed by atoms with Crippen molar-refractivity contribution in [2.24, 2.45) is 0 Å². The summed E-state index contributed by atoms with van der Waals surface area (Å²) >= 11 is 12.1. The maximum atomic E-state index is 10.2. The van der Waals surface area contributed by atoms with Gasteiger partial charge in [-0.25, -0.2) is 0 Å². The van der Waals surface area contributed by atoms with Crippen molar-refractivity contribution < 1.29 is 5.11 Å². The van der Waals surface area contributed by atoms with Crippen LogP contribution in [0.5, 0.6) is 0 Å². The molecule has 0 amide bonds. The summed E-state index contributed by atoms with van der Waals surface area (Å²) in [4.78, 5) is 0. The first-order chi connectivity index (χ1) is 7.91. The van der Waals surface area contributed by atoms with Crippen LogP contribution in [0.2, 0.25) is 10.0 Å². The van der Waals surface area contributed by atoms with Crippen molar-refractivity contribution in [3.8, 4) is 0 Å². The van der Waals surface area contributed by atoms with Crippen LogP contribution in [0, 0.1) is 0 Å². The molecule has 0 heterocycles. The summed E-state index contributed by atoms with van der Waals surface area (Å²) in [6, 6.07) is 3.26. The first kappa shape index (κ1) is 14.4. The van der Waals surface area contributed by atoms with Gasteiger partial charge < -0.3 is 16.2 Å². The Balaban J connectivity index is 2.83. The van der Waals surface area contributed by atoms with Gasteiger partial charge in [0, 0.05) is 12.2 Å². The van der Waals surface area contributed by atoms with Gasteiger partial charge in [-0.2, -0.15) is 0 Å². The van der Waals surface area contributed by atoms with Crippen LogP contribution >= 0.6 is 23.2 Å². The molecule has 0 radical (unpaired) electrons. The van der Waals surface area contributed by atoms with Crippen molar-refractivity contribution in [2.75, 3.05) is 17.6 Å². The zero-order valence-electron chi connectivity index (χ0n) is 10.1. The van der Waals surface area contributed by atoms with Crippen LogP contribution in [0.15, 0.2) is 12.1 Å². The molecule has 0 aliphatic heterocycles. The van der Waals surface area contributed by atoms with Gasteiger partial charge in [-0.15, -0.1) is 0 Å². The molecule has 0 bridgehead atoms. The third kappa shape index (κ3) is 3.66. The Kier molecular flexibility index (Phi) is 4.92. The fourth-order valence-electron chi connectivity index (χ4n) is 1.51. The third-order valence-electron chi connectivity index (χ3n) is 2.97. The summed E-state index contributed by atoms with van der Waals surface area (Å²) in [7, 11) is 0. The molecule has 0 aliphatic rings. The van der Waals surface area contributed by atoms with E-state index in [1.807, 2.05) is 13.8 Å². The van der Waals surface area contributed by atoms with Crippen molar-refractivity contribution in [2.45, 2.75) is 32.3 Å². The molecule has 96 valence electrons. The maximum absolute atomic E-state index is 10.2. The first-order valence-electron chi connectivity index (χ1n) is 5.62. The highest BCUT2D eigenvalue weighted by molar-refractivity contribution is 6.39. The van der Waals surface area contributed by atoms with Crippen LogP contribution < -0.4 is 11.1 Å². The number of nitrogens with two attached hydrogens (primary N) is 1. The van der Waals surface area contributed by atoms with E-state index in [1.54, 1.807) is 12.1 Å². The molecule has 0 unspecified atom stereocenters. The third-order valence-corrected chi connectivity index (χ3v) is 3.57. The predicted molar refractivity (Wildman–Crippen MR) is 74.9 cm³/mol. The van der Waals surface area contributed by atoms with E-state index >= 15 is 0 Å². The number of benzene rings is 1. The fraction of sp³-hybridized carbons (Fsp3) is 0.500. The normalized spacial score (nSPS) is 11.6. The minimum atomic E-state index is -0.742. The highest BCUT2D eigenvalue weighted by Crippen LogP contribution is 2.33. The number of aliphatic hydroxyl groups is 1. The lowest BCUT2D eigenvalue weighted by Gasteiger charge is -2.26. The van der Waals surface area contributed by atoms with Crippen molar-refractivity contribution in [1.29, 1.82) is 0 Å². The number of anilines is 2. The second-order valence-electron chi connectivity index (χ2n) is 4.14. The molecule has 0 atom stereocenters. The molecule has 0 saturated carbocycles. The van der Waals surface area contributed by atoms with Crippen LogP contribution in [0.4, 0.5) is 11.4 Å². The molecule has 0 saturated heterocycles. The van der Waals surface area contributed by atoms with Gasteiger partial charge in [0.25, 0.3) is 0 Å². The zero-order valence-corrected chi connectivity index (χ0v) is 11.6. The van der Waals surface area contributed by atoms with E-state index < -0.39 is 5.60 Å². The monoisotopic (exact) mass is 276 g/mol. The van der Waals surface area contributed by atoms with Gasteiger partial charge in [-0.05, 0) is 25.0 Å². The number of rotatable bonds is 5. The molecule has 1 aromatic carbocycles. The Labute approximate surface area is 112 Å². The van der Waals surface area contributed by atoms with Crippen LogP contribution in [0.3, 0.4) is 0 Å². The van der Waals surface area contributed by atoms with Crippen LogP contribution in [-0.4, -0.2) is 17.3 Å². The van der Waals surface area contributed by atoms with E-state index in [0.717, 1.165) is 0 Å². The minimum Gasteiger partial charge on any atom is -0.399 e. The highest BCUT2D eigenvalue weighted by Gasteiger charge is 2.22. The van der Waals surface area contributed by atoms with Gasteiger partial charge >= 0.3 is 0 Å². The first-order valence-corrected chi connectivity index (χ1v) is 6.38. The fourth-order valence-corrected chi connectivity index (χ4v) is 2.15. The minimum absolute atomic E-state index is 0.406. The molecule has 0 spiro atoms. The summed E-state index contributed by atoms with van der Waals surface area (Å²) in [5.41, 5.74) is 6.01. The molecular weight excluding hydrogens is 259 g/mol. The lowest BCUT2D eigenvalue weighted by molar-refractivity contribution is 0.0457. The lowest BCUT2D eigenvalue weighted by Crippen LogP contribution is -2.35. The van der Waals surface area contributed by atoms with Crippen molar-refractivity contribution in [3.63, 3.8) is 0 Å². The summed E-state index contributed by atoms with van der Waals surface area (Å²) in [6.45, 7) is 4.29. The van der Waals surface area contributed by atoms with E-state index in [1.165, 1.54) is 0 Å². The number of nitrogens with one attached hydrogen (secondary N) is 1. The maximum Gasteiger partial charge on any atom is 0.0814 e. The zero-order chi connectivity index (χ0) is 13.1. The molecule has 1 aromatic rings. The number of hydrogen-bond acceptors (Lipinski definition) is 3. The Morgan fingerprint density at radius 3 is 2.12 bits per heavy atom. The average Bonchev–Trinajstić information content (AvgIpc) is 2.27. The molecule has 0 aliphatic carbocycles. The molecule has 17 heavy (non-hydrogen) atoms. The van der Waals surface area contributed by atoms with E-state index in [0.29, 0.717) is 40.8 Å². The van der Waals surface area contributed by atoms with Crippen LogP contribution in [0.25, 0.3) is 0 Å². The van der Waals surface area contributed by atoms with E-state index in [2.05, 4.69) is 5.32 Å². The molecule has 3 nitrogen and oxygen atoms in total. The van der Waals surface area contributed by atoms with Crippen molar-refractivity contribution in [1.82, 2.24) is 0 Å². The number of nitrogen functional groups attached to an aromatic ring is 1. The van der Waals surface area contributed by atoms with E-state index in [4.69, 9.17) is 28.9 Å². The van der Waals surface area contributed by atoms with Gasteiger partial charge in [0.15, 0.2) is 0 Å². The van der Waals surface area contributed by atoms with Gasteiger partial charge in [0.1, 0.15) is 0 Å². The van der Waals surface area contributed by atoms with Gasteiger partial charge in [-0.1, -0.05) is 37.0 Å². The van der Waals surface area contributed by atoms with Gasteiger partial charge in [0.2, 0.25) is 0 Å². The molecule has 0 aromatic heterocycles. The second-order valence-corrected chi connectivity index (χ2v) is 4.96. The summed E-state index contributed by atoms with van der Waals surface area (Å²) in [6.07, 6.45) is 1.33. The standard InChI is InChI=1S/C12H18Cl2N2O/c1-3-12(17,4-2)7-16-11-9(13)5-8(15)6-10(11)14/h5-6,16-17H,3-4,7,15H2,1-2H3. The molecule has 4 N–H and O–H groups in total. The van der Waals surface area contributed by atoms with Gasteiger partial charge in [-0.3, -0.25) is 0 Å². The lowest BCUT2D eigenvalue weighted by atomic mass is 9.97. The Morgan fingerprint density at radius 1 is 1.24 bits per heavy atom. The molecule has 1 rings (SSSR count). The number of halogens is 2. The topological polar surface area (TPSA) is 58.3 Å². The predicted octanol–water partition coefficient (Wildman–Crippen LogP) is 3.54. The Hall–Kier alpha value is -0.640. The summed E-state index contributed by atoms with van der Waals surface area (Å²) in [5, 5.41) is 14.2. The Bertz CT molecular complexity index is 369. The molecule has 5 heteroatoms. The summed E-state index contributed by atoms with van der Waals surface area (Å²) in [5.74, 6) is 0. The average molecular weight is 277 g/mol. The van der Waals surface area contributed by atoms with Crippen LogP contribution in [-0.2, 0) is 0 Å². The summed E-state index contributed by atoms with van der Waals surface area (Å²) < 4.78 is 0. The Morgan fingerprint density at radius 2 is 1.71 bits per heavy atom. The quantitative estimate of drug-likeness (QED) is 0.721. The van der Waals surface area contributed by atoms with Crippen molar-refractivity contribution in [3.05, 3.63) is 22.2 Å².